The third-order valence-electron chi connectivity index (χ3n) is 11.3. The number of para-hydroxylation sites is 2. The largest absolute Gasteiger partial charge is 0.455 e. The number of fused-ring (bicyclic) bond motifs is 12. The SMILES string of the molecule is c1cc(-c2ccc(-c3cnc4c5ccccc5c5ccccc5c4n3)cc2)cc(-c2ccc(-c3c4oc5ccccc5c4cc4c3oc3ccccc34)cc2)c1. The topological polar surface area (TPSA) is 52.1 Å². The lowest BCUT2D eigenvalue weighted by molar-refractivity contribution is 0.658. The van der Waals surface area contributed by atoms with Gasteiger partial charge in [-0.25, -0.2) is 4.98 Å². The summed E-state index contributed by atoms with van der Waals surface area (Å²) in [6.07, 6.45) is 1.90. The minimum absolute atomic E-state index is 0.840. The van der Waals surface area contributed by atoms with E-state index in [9.17, 15) is 0 Å². The standard InChI is InChI=1S/C52H30N2O2/c1-3-16-41-37(12-1)38-13-2-4-17-42(38)50-49(41)53-30-45(54-50)33-24-20-31(21-25-33)35-10-9-11-36(28-35)32-22-26-34(27-23-32)48-51-43(39-14-5-7-18-46(39)55-51)29-44-40-15-6-8-19-47(40)56-52(44)48/h1-30H. The van der Waals surface area contributed by atoms with Crippen LogP contribution in [0.1, 0.15) is 0 Å². The van der Waals surface area contributed by atoms with E-state index in [1.54, 1.807) is 0 Å². The number of hydrogen-bond donors (Lipinski definition) is 0. The molecule has 4 nitrogen and oxygen atoms in total. The van der Waals surface area contributed by atoms with Crippen LogP contribution in [0.5, 0.6) is 0 Å². The van der Waals surface area contributed by atoms with Gasteiger partial charge in [0.1, 0.15) is 22.3 Å². The summed E-state index contributed by atoms with van der Waals surface area (Å²) in [7, 11) is 0. The molecule has 0 N–H and O–H groups in total. The molecule has 0 aliphatic heterocycles. The summed E-state index contributed by atoms with van der Waals surface area (Å²) < 4.78 is 13.1. The summed E-state index contributed by atoms with van der Waals surface area (Å²) in [5.41, 5.74) is 13.8. The zero-order valence-electron chi connectivity index (χ0n) is 30.0. The summed E-state index contributed by atoms with van der Waals surface area (Å²) in [6.45, 7) is 0. The van der Waals surface area contributed by atoms with Gasteiger partial charge in [0.2, 0.25) is 0 Å². The summed E-state index contributed by atoms with van der Waals surface area (Å²) in [4.78, 5) is 10.2. The van der Waals surface area contributed by atoms with Gasteiger partial charge in [-0.05, 0) is 62.9 Å². The molecule has 0 fully saturated rings. The predicted molar refractivity (Wildman–Crippen MR) is 231 cm³/mol. The van der Waals surface area contributed by atoms with Crippen molar-refractivity contribution >= 4 is 76.5 Å². The van der Waals surface area contributed by atoms with Crippen molar-refractivity contribution in [2.24, 2.45) is 0 Å². The minimum Gasteiger partial charge on any atom is -0.455 e. The van der Waals surface area contributed by atoms with Gasteiger partial charge in [-0.15, -0.1) is 0 Å². The molecule has 0 spiro atoms. The van der Waals surface area contributed by atoms with Crippen LogP contribution in [0.15, 0.2) is 191 Å². The van der Waals surface area contributed by atoms with Crippen LogP contribution in [0.25, 0.3) is 121 Å². The van der Waals surface area contributed by atoms with Crippen molar-refractivity contribution in [1.82, 2.24) is 9.97 Å². The van der Waals surface area contributed by atoms with Crippen LogP contribution in [0, 0.1) is 0 Å². The second-order valence-electron chi connectivity index (χ2n) is 14.5. The maximum Gasteiger partial charge on any atom is 0.147 e. The summed E-state index contributed by atoms with van der Waals surface area (Å²) in [5.74, 6) is 0. The molecule has 4 heteroatoms. The highest BCUT2D eigenvalue weighted by Gasteiger charge is 2.21. The molecule has 0 saturated carbocycles. The highest BCUT2D eigenvalue weighted by Crippen LogP contribution is 2.45. The molecule has 0 radical (unpaired) electrons. The lowest BCUT2D eigenvalue weighted by Crippen LogP contribution is -1.92. The molecule has 0 unspecified atom stereocenters. The Morgan fingerprint density at radius 1 is 0.321 bits per heavy atom. The number of aromatic nitrogens is 2. The highest BCUT2D eigenvalue weighted by molar-refractivity contribution is 6.24. The average Bonchev–Trinajstić information content (AvgIpc) is 3.84. The fraction of sp³-hybridized carbons (Fsp3) is 0. The van der Waals surface area contributed by atoms with Gasteiger partial charge in [0.25, 0.3) is 0 Å². The molecule has 56 heavy (non-hydrogen) atoms. The molecule has 0 atom stereocenters. The van der Waals surface area contributed by atoms with Crippen molar-refractivity contribution in [2.75, 3.05) is 0 Å². The molecule has 3 aromatic heterocycles. The van der Waals surface area contributed by atoms with E-state index in [0.29, 0.717) is 0 Å². The summed E-state index contributed by atoms with van der Waals surface area (Å²) in [6, 6.07) is 61.8. The monoisotopic (exact) mass is 714 g/mol. The van der Waals surface area contributed by atoms with Gasteiger partial charge >= 0.3 is 0 Å². The Kier molecular flexibility index (Phi) is 6.60. The molecular weight excluding hydrogens is 685 g/mol. The molecule has 12 aromatic rings. The van der Waals surface area contributed by atoms with Gasteiger partial charge in [-0.2, -0.15) is 0 Å². The Morgan fingerprint density at radius 3 is 1.36 bits per heavy atom. The highest BCUT2D eigenvalue weighted by atomic mass is 16.3. The Balaban J connectivity index is 0.899. The number of furan rings is 2. The van der Waals surface area contributed by atoms with Crippen LogP contribution in [0.3, 0.4) is 0 Å². The normalized spacial score (nSPS) is 11.9. The fourth-order valence-corrected chi connectivity index (χ4v) is 8.60. The van der Waals surface area contributed by atoms with Crippen LogP contribution in [-0.2, 0) is 0 Å². The van der Waals surface area contributed by atoms with Gasteiger partial charge < -0.3 is 8.83 Å². The van der Waals surface area contributed by atoms with E-state index in [1.165, 1.54) is 10.8 Å². The molecule has 0 aliphatic rings. The fourth-order valence-electron chi connectivity index (χ4n) is 8.60. The van der Waals surface area contributed by atoms with Crippen molar-refractivity contribution in [3.63, 3.8) is 0 Å². The molecule has 0 saturated heterocycles. The molecule has 0 amide bonds. The van der Waals surface area contributed by atoms with Crippen LogP contribution in [0.2, 0.25) is 0 Å². The Labute approximate surface area is 320 Å². The van der Waals surface area contributed by atoms with Crippen LogP contribution < -0.4 is 0 Å². The van der Waals surface area contributed by atoms with Crippen molar-refractivity contribution in [2.45, 2.75) is 0 Å². The molecule has 3 heterocycles. The first-order valence-electron chi connectivity index (χ1n) is 18.9. The summed E-state index contributed by atoms with van der Waals surface area (Å²) >= 11 is 0. The van der Waals surface area contributed by atoms with E-state index in [2.05, 4.69) is 152 Å². The quantitative estimate of drug-likeness (QED) is 0.170. The lowest BCUT2D eigenvalue weighted by atomic mass is 9.95. The van der Waals surface area contributed by atoms with E-state index in [4.69, 9.17) is 18.8 Å². The number of benzene rings is 9. The van der Waals surface area contributed by atoms with Crippen LogP contribution in [-0.4, -0.2) is 9.97 Å². The van der Waals surface area contributed by atoms with Crippen LogP contribution >= 0.6 is 0 Å². The Morgan fingerprint density at radius 2 is 0.786 bits per heavy atom. The average molecular weight is 715 g/mol. The zero-order chi connectivity index (χ0) is 36.7. The predicted octanol–water partition coefficient (Wildman–Crippen LogP) is 14.4. The van der Waals surface area contributed by atoms with Gasteiger partial charge in [-0.3, -0.25) is 4.98 Å². The number of nitrogens with zero attached hydrogens (tertiary/aromatic N) is 2. The number of hydrogen-bond acceptors (Lipinski definition) is 4. The lowest BCUT2D eigenvalue weighted by Gasteiger charge is -2.11. The van der Waals surface area contributed by atoms with E-state index >= 15 is 0 Å². The van der Waals surface area contributed by atoms with Crippen molar-refractivity contribution in [3.8, 4) is 44.6 Å². The first-order chi connectivity index (χ1) is 27.7. The van der Waals surface area contributed by atoms with Crippen molar-refractivity contribution in [1.29, 1.82) is 0 Å². The first kappa shape index (κ1) is 30.9. The second kappa shape index (κ2) is 12.0. The van der Waals surface area contributed by atoms with Crippen molar-refractivity contribution < 1.29 is 8.83 Å². The van der Waals surface area contributed by atoms with Gasteiger partial charge in [0.15, 0.2) is 0 Å². The molecule has 0 aliphatic carbocycles. The molecule has 9 aromatic carbocycles. The Hall–Kier alpha value is -7.56. The first-order valence-corrected chi connectivity index (χ1v) is 18.9. The van der Waals surface area contributed by atoms with E-state index < -0.39 is 0 Å². The smallest absolute Gasteiger partial charge is 0.147 e. The molecule has 12 rings (SSSR count). The van der Waals surface area contributed by atoms with Gasteiger partial charge in [0, 0.05) is 37.9 Å². The van der Waals surface area contributed by atoms with Crippen LogP contribution in [0.4, 0.5) is 0 Å². The Bertz CT molecular complexity index is 3400. The van der Waals surface area contributed by atoms with E-state index in [-0.39, 0.29) is 0 Å². The third kappa shape index (κ3) is 4.66. The molecule has 0 bridgehead atoms. The van der Waals surface area contributed by atoms with E-state index in [1.807, 2.05) is 30.5 Å². The minimum atomic E-state index is 0.840. The van der Waals surface area contributed by atoms with Gasteiger partial charge in [-0.1, -0.05) is 152 Å². The van der Waals surface area contributed by atoms with Crippen molar-refractivity contribution in [3.05, 3.63) is 182 Å². The zero-order valence-corrected chi connectivity index (χ0v) is 30.0. The van der Waals surface area contributed by atoms with E-state index in [0.717, 1.165) is 110 Å². The third-order valence-corrected chi connectivity index (χ3v) is 11.3. The molecular formula is C52H30N2O2. The van der Waals surface area contributed by atoms with Gasteiger partial charge in [0.05, 0.1) is 28.5 Å². The molecule has 260 valence electrons. The maximum absolute atomic E-state index is 6.54. The maximum atomic E-state index is 6.54. The summed E-state index contributed by atoms with van der Waals surface area (Å²) in [5, 5.41) is 9.02. The number of rotatable bonds is 4. The second-order valence-corrected chi connectivity index (χ2v) is 14.5.